The zero-order valence-corrected chi connectivity index (χ0v) is 14.5. The second kappa shape index (κ2) is 8.06. The van der Waals surface area contributed by atoms with Crippen LogP contribution in [-0.2, 0) is 4.79 Å². The second-order valence-electron chi connectivity index (χ2n) is 6.15. The van der Waals surface area contributed by atoms with Gasteiger partial charge < -0.3 is 14.8 Å². The van der Waals surface area contributed by atoms with Crippen molar-refractivity contribution in [3.63, 3.8) is 0 Å². The van der Waals surface area contributed by atoms with Gasteiger partial charge >= 0.3 is 0 Å². The van der Waals surface area contributed by atoms with Gasteiger partial charge in [-0.3, -0.25) is 4.79 Å². The summed E-state index contributed by atoms with van der Waals surface area (Å²) in [7, 11) is 0. The number of nitrogens with zero attached hydrogens (tertiary/aromatic N) is 2. The highest BCUT2D eigenvalue weighted by atomic mass is 16.4. The fraction of sp³-hybridized carbons (Fsp3) is 0.500. The number of carbonyl (C=O) groups is 1. The van der Waals surface area contributed by atoms with Crippen LogP contribution in [0.5, 0.6) is 0 Å². The molecule has 2 aromatic rings. The molecule has 0 unspecified atom stereocenters. The maximum Gasteiger partial charge on any atom is 0.247 e. The molecular weight excluding hydrogens is 306 g/mol. The maximum atomic E-state index is 12.2. The number of aromatic nitrogens is 2. The summed E-state index contributed by atoms with van der Waals surface area (Å²) >= 11 is 0. The molecule has 2 rings (SSSR count). The number of anilines is 1. The predicted octanol–water partition coefficient (Wildman–Crippen LogP) is 3.70. The zero-order valence-electron chi connectivity index (χ0n) is 14.5. The topological polar surface area (TPSA) is 88.2 Å². The van der Waals surface area contributed by atoms with Crippen molar-refractivity contribution in [3.8, 4) is 11.5 Å². The number of nitrogens with one attached hydrogen (secondary N) is 1. The zero-order chi connectivity index (χ0) is 17.6. The molecule has 1 aromatic carbocycles. The first-order valence-electron chi connectivity index (χ1n) is 8.38. The van der Waals surface area contributed by atoms with Gasteiger partial charge in [0.25, 0.3) is 0 Å². The lowest BCUT2D eigenvalue weighted by molar-refractivity contribution is -0.121. The van der Waals surface area contributed by atoms with Crippen molar-refractivity contribution in [3.05, 3.63) is 30.2 Å². The molecule has 0 atom stereocenters. The largest absolute Gasteiger partial charge is 0.421 e. The Morgan fingerprint density at radius 3 is 2.29 bits per heavy atom. The molecule has 0 aliphatic heterocycles. The Kier molecular flexibility index (Phi) is 6.09. The lowest BCUT2D eigenvalue weighted by Gasteiger charge is -2.26. The van der Waals surface area contributed by atoms with Gasteiger partial charge in [0.2, 0.25) is 17.7 Å². The number of rotatable bonds is 8. The molecule has 1 heterocycles. The van der Waals surface area contributed by atoms with E-state index < -0.39 is 5.60 Å². The number of hydrogen-bond donors (Lipinski definition) is 2. The molecule has 0 bridgehead atoms. The van der Waals surface area contributed by atoms with Crippen molar-refractivity contribution in [2.45, 2.75) is 58.5 Å². The Labute approximate surface area is 142 Å². The highest BCUT2D eigenvalue weighted by molar-refractivity contribution is 5.91. The van der Waals surface area contributed by atoms with E-state index in [9.17, 15) is 9.90 Å². The summed E-state index contributed by atoms with van der Waals surface area (Å²) in [4.78, 5) is 12.2. The van der Waals surface area contributed by atoms with Crippen molar-refractivity contribution in [1.82, 2.24) is 10.2 Å². The van der Waals surface area contributed by atoms with Gasteiger partial charge in [-0.2, -0.15) is 0 Å². The van der Waals surface area contributed by atoms with Crippen LogP contribution in [0.3, 0.4) is 0 Å². The van der Waals surface area contributed by atoms with E-state index >= 15 is 0 Å². The minimum absolute atomic E-state index is 0.110. The Morgan fingerprint density at radius 1 is 1.17 bits per heavy atom. The van der Waals surface area contributed by atoms with E-state index in [1.807, 2.05) is 26.0 Å². The van der Waals surface area contributed by atoms with Crippen LogP contribution in [0.1, 0.15) is 51.8 Å². The molecule has 24 heavy (non-hydrogen) atoms. The Bertz CT molecular complexity index is 658. The number of carbonyl (C=O) groups excluding carboxylic acids is 1. The van der Waals surface area contributed by atoms with Crippen LogP contribution < -0.4 is 5.32 Å². The fourth-order valence-electron chi connectivity index (χ4n) is 2.85. The van der Waals surface area contributed by atoms with Gasteiger partial charge in [0.05, 0.1) is 12.0 Å². The van der Waals surface area contributed by atoms with Crippen LogP contribution in [0.2, 0.25) is 0 Å². The molecule has 2 N–H and O–H groups in total. The molecule has 0 radical (unpaired) electrons. The van der Waals surface area contributed by atoms with Crippen molar-refractivity contribution >= 4 is 11.6 Å². The molecule has 0 fully saturated rings. The van der Waals surface area contributed by atoms with Crippen LogP contribution in [0, 0.1) is 6.92 Å². The third-order valence-corrected chi connectivity index (χ3v) is 3.86. The summed E-state index contributed by atoms with van der Waals surface area (Å²) in [5.74, 6) is 0.778. The van der Waals surface area contributed by atoms with Crippen LogP contribution in [0.25, 0.3) is 11.5 Å². The average Bonchev–Trinajstić information content (AvgIpc) is 2.94. The molecule has 0 saturated heterocycles. The Morgan fingerprint density at radius 2 is 1.79 bits per heavy atom. The monoisotopic (exact) mass is 331 g/mol. The van der Waals surface area contributed by atoms with Gasteiger partial charge in [0.1, 0.15) is 0 Å². The minimum atomic E-state index is -0.922. The normalized spacial score (nSPS) is 11.5. The molecule has 6 heteroatoms. The summed E-state index contributed by atoms with van der Waals surface area (Å²) in [6.07, 6.45) is 3.07. The number of benzene rings is 1. The lowest BCUT2D eigenvalue weighted by atomic mass is 9.89. The van der Waals surface area contributed by atoms with Crippen molar-refractivity contribution in [2.75, 3.05) is 5.32 Å². The SMILES string of the molecule is CCCC(O)(CCC)CC(=O)Nc1ccc(-c2nnc(C)o2)cc1. The quantitative estimate of drug-likeness (QED) is 0.770. The van der Waals surface area contributed by atoms with Crippen molar-refractivity contribution < 1.29 is 14.3 Å². The molecule has 0 spiro atoms. The third-order valence-electron chi connectivity index (χ3n) is 3.86. The van der Waals surface area contributed by atoms with E-state index in [2.05, 4.69) is 15.5 Å². The van der Waals surface area contributed by atoms with Crippen LogP contribution in [0.4, 0.5) is 5.69 Å². The number of aryl methyl sites for hydroxylation is 1. The third kappa shape index (κ3) is 4.89. The standard InChI is InChI=1S/C18H25N3O3/c1-4-10-18(23,11-5-2)12-16(22)19-15-8-6-14(7-9-15)17-21-20-13(3)24-17/h6-9,23H,4-5,10-12H2,1-3H3,(H,19,22). The van der Waals surface area contributed by atoms with Crippen molar-refractivity contribution in [2.24, 2.45) is 0 Å². The predicted molar refractivity (Wildman–Crippen MR) is 92.5 cm³/mol. The van der Waals surface area contributed by atoms with Gasteiger partial charge in [-0.15, -0.1) is 10.2 Å². The first-order chi connectivity index (χ1) is 11.5. The number of amides is 1. The first-order valence-corrected chi connectivity index (χ1v) is 8.38. The van der Waals surface area contributed by atoms with Gasteiger partial charge in [0.15, 0.2) is 0 Å². The van der Waals surface area contributed by atoms with Crippen LogP contribution >= 0.6 is 0 Å². The molecule has 1 aromatic heterocycles. The second-order valence-corrected chi connectivity index (χ2v) is 6.15. The summed E-state index contributed by atoms with van der Waals surface area (Å²) in [5.41, 5.74) is 0.548. The van der Waals surface area contributed by atoms with E-state index in [1.165, 1.54) is 0 Å². The summed E-state index contributed by atoms with van der Waals surface area (Å²) < 4.78 is 5.37. The highest BCUT2D eigenvalue weighted by Crippen LogP contribution is 2.25. The highest BCUT2D eigenvalue weighted by Gasteiger charge is 2.28. The van der Waals surface area contributed by atoms with E-state index in [0.717, 1.165) is 18.4 Å². The summed E-state index contributed by atoms with van der Waals surface area (Å²) in [5, 5.41) is 21.2. The van der Waals surface area contributed by atoms with Gasteiger partial charge in [-0.05, 0) is 37.1 Å². The van der Waals surface area contributed by atoms with Gasteiger partial charge in [-0.1, -0.05) is 26.7 Å². The van der Waals surface area contributed by atoms with E-state index in [4.69, 9.17) is 4.42 Å². The smallest absolute Gasteiger partial charge is 0.247 e. The van der Waals surface area contributed by atoms with E-state index in [1.54, 1.807) is 19.1 Å². The summed E-state index contributed by atoms with van der Waals surface area (Å²) in [6.45, 7) is 5.76. The number of aliphatic hydroxyl groups is 1. The fourth-order valence-corrected chi connectivity index (χ4v) is 2.85. The average molecular weight is 331 g/mol. The van der Waals surface area contributed by atoms with Crippen LogP contribution in [-0.4, -0.2) is 26.8 Å². The molecule has 0 saturated carbocycles. The molecular formula is C18H25N3O3. The van der Waals surface area contributed by atoms with Crippen molar-refractivity contribution in [1.29, 1.82) is 0 Å². The first kappa shape index (κ1) is 18.1. The minimum Gasteiger partial charge on any atom is -0.421 e. The van der Waals surface area contributed by atoms with Gasteiger partial charge in [-0.25, -0.2) is 0 Å². The molecule has 0 aliphatic rings. The van der Waals surface area contributed by atoms with Crippen LogP contribution in [0.15, 0.2) is 28.7 Å². The lowest BCUT2D eigenvalue weighted by Crippen LogP contribution is -2.33. The van der Waals surface area contributed by atoms with Gasteiger partial charge in [0, 0.05) is 18.2 Å². The Balaban J connectivity index is 1.98. The maximum absolute atomic E-state index is 12.2. The number of hydrogen-bond acceptors (Lipinski definition) is 5. The molecule has 6 nitrogen and oxygen atoms in total. The summed E-state index contributed by atoms with van der Waals surface area (Å²) in [6, 6.07) is 7.19. The molecule has 130 valence electrons. The van der Waals surface area contributed by atoms with E-state index in [0.29, 0.717) is 30.3 Å². The molecule has 0 aliphatic carbocycles. The van der Waals surface area contributed by atoms with E-state index in [-0.39, 0.29) is 12.3 Å². The molecule has 1 amide bonds. The Hall–Kier alpha value is -2.21.